The molecule has 2 atom stereocenters. The zero-order valence-corrected chi connectivity index (χ0v) is 12.9. The second kappa shape index (κ2) is 5.20. The quantitative estimate of drug-likeness (QED) is 0.830. The Labute approximate surface area is 127 Å². The summed E-state index contributed by atoms with van der Waals surface area (Å²) in [5.74, 6) is 0. The van der Waals surface area contributed by atoms with Crippen LogP contribution in [0.15, 0.2) is 53.0 Å². The van der Waals surface area contributed by atoms with Crippen LogP contribution in [0, 0.1) is 0 Å². The Hall–Kier alpha value is -1.36. The molecule has 2 unspecified atom stereocenters. The van der Waals surface area contributed by atoms with E-state index in [1.54, 1.807) is 0 Å². The summed E-state index contributed by atoms with van der Waals surface area (Å²) in [5.41, 5.74) is 8.26. The highest BCUT2D eigenvalue weighted by atomic mass is 79.9. The van der Waals surface area contributed by atoms with Gasteiger partial charge < -0.3 is 10.5 Å². The van der Waals surface area contributed by atoms with Crippen molar-refractivity contribution in [2.45, 2.75) is 18.8 Å². The number of rotatable bonds is 2. The van der Waals surface area contributed by atoms with Crippen LogP contribution >= 0.6 is 15.9 Å². The van der Waals surface area contributed by atoms with Crippen LogP contribution < -0.4 is 11.1 Å². The first-order valence-corrected chi connectivity index (χ1v) is 7.45. The van der Waals surface area contributed by atoms with Gasteiger partial charge in [0.2, 0.25) is 0 Å². The predicted molar refractivity (Wildman–Crippen MR) is 84.3 cm³/mol. The Kier molecular flexibility index (Phi) is 3.54. The van der Waals surface area contributed by atoms with Crippen LogP contribution in [0.25, 0.3) is 0 Å². The molecule has 0 saturated carbocycles. The fourth-order valence-corrected chi connectivity index (χ4v) is 3.02. The highest BCUT2D eigenvalue weighted by molar-refractivity contribution is 9.10. The average molecular weight is 333 g/mol. The first kappa shape index (κ1) is 13.6. The third kappa shape index (κ3) is 2.24. The topological polar surface area (TPSA) is 47.3 Å². The summed E-state index contributed by atoms with van der Waals surface area (Å²) in [4.78, 5) is 0. The molecule has 0 amide bonds. The van der Waals surface area contributed by atoms with Crippen LogP contribution in [0.5, 0.6) is 0 Å². The lowest BCUT2D eigenvalue weighted by Gasteiger charge is -2.31. The summed E-state index contributed by atoms with van der Waals surface area (Å²) in [6.07, 6.45) is 0.133. The molecule has 104 valence electrons. The number of ether oxygens (including phenoxy) is 1. The SMILES string of the molecule is CC1CNC(c2ccccc2)(c2cc(Br)ccc2N)O1. The summed E-state index contributed by atoms with van der Waals surface area (Å²) >= 11 is 3.52. The van der Waals surface area contributed by atoms with E-state index in [1.165, 1.54) is 0 Å². The monoisotopic (exact) mass is 332 g/mol. The molecule has 4 heteroatoms. The zero-order valence-electron chi connectivity index (χ0n) is 11.3. The van der Waals surface area contributed by atoms with Crippen molar-refractivity contribution in [3.05, 3.63) is 64.1 Å². The van der Waals surface area contributed by atoms with Crippen molar-refractivity contribution >= 4 is 21.6 Å². The van der Waals surface area contributed by atoms with Crippen LogP contribution in [0.3, 0.4) is 0 Å². The molecule has 0 radical (unpaired) electrons. The number of benzene rings is 2. The number of hydrogen-bond donors (Lipinski definition) is 2. The van der Waals surface area contributed by atoms with Gasteiger partial charge in [-0.1, -0.05) is 46.3 Å². The minimum absolute atomic E-state index is 0.133. The fraction of sp³-hybridized carbons (Fsp3) is 0.250. The van der Waals surface area contributed by atoms with E-state index >= 15 is 0 Å². The maximum Gasteiger partial charge on any atom is 0.174 e. The number of hydrogen-bond acceptors (Lipinski definition) is 3. The standard InChI is InChI=1S/C16H17BrN2O/c1-11-10-19-16(20-11,12-5-3-2-4-6-12)14-9-13(17)7-8-15(14)18/h2-9,11,19H,10,18H2,1H3. The Bertz CT molecular complexity index is 617. The van der Waals surface area contributed by atoms with Gasteiger partial charge in [-0.15, -0.1) is 0 Å². The van der Waals surface area contributed by atoms with E-state index < -0.39 is 5.72 Å². The van der Waals surface area contributed by atoms with Gasteiger partial charge in [0.15, 0.2) is 5.72 Å². The van der Waals surface area contributed by atoms with E-state index in [2.05, 4.69) is 40.3 Å². The Morgan fingerprint density at radius 2 is 2.00 bits per heavy atom. The molecule has 20 heavy (non-hydrogen) atoms. The number of halogens is 1. The van der Waals surface area contributed by atoms with E-state index in [9.17, 15) is 0 Å². The molecule has 1 fully saturated rings. The molecule has 1 aliphatic rings. The van der Waals surface area contributed by atoms with Gasteiger partial charge in [-0.3, -0.25) is 5.32 Å². The zero-order chi connectivity index (χ0) is 14.2. The van der Waals surface area contributed by atoms with E-state index in [0.717, 1.165) is 27.8 Å². The van der Waals surface area contributed by atoms with Crippen molar-refractivity contribution in [1.82, 2.24) is 5.32 Å². The van der Waals surface area contributed by atoms with Crippen molar-refractivity contribution in [3.8, 4) is 0 Å². The van der Waals surface area contributed by atoms with Crippen molar-refractivity contribution in [2.24, 2.45) is 0 Å². The second-order valence-corrected chi connectivity index (χ2v) is 6.00. The Balaban J connectivity index is 2.19. The third-order valence-electron chi connectivity index (χ3n) is 3.59. The van der Waals surface area contributed by atoms with Gasteiger partial charge in [0.1, 0.15) is 0 Å². The maximum absolute atomic E-state index is 6.24. The fourth-order valence-electron chi connectivity index (χ4n) is 2.66. The van der Waals surface area contributed by atoms with Crippen molar-refractivity contribution < 1.29 is 4.74 Å². The summed E-state index contributed by atoms with van der Waals surface area (Å²) in [5, 5.41) is 3.50. The summed E-state index contributed by atoms with van der Waals surface area (Å²) in [7, 11) is 0. The molecular formula is C16H17BrN2O. The summed E-state index contributed by atoms with van der Waals surface area (Å²) in [6.45, 7) is 2.85. The minimum atomic E-state index is -0.672. The Morgan fingerprint density at radius 3 is 2.65 bits per heavy atom. The van der Waals surface area contributed by atoms with Crippen LogP contribution in [-0.4, -0.2) is 12.6 Å². The highest BCUT2D eigenvalue weighted by Gasteiger charge is 2.42. The lowest BCUT2D eigenvalue weighted by Crippen LogP contribution is -2.40. The van der Waals surface area contributed by atoms with Crippen LogP contribution in [0.4, 0.5) is 5.69 Å². The first-order chi connectivity index (χ1) is 9.62. The lowest BCUT2D eigenvalue weighted by molar-refractivity contribution is -0.0164. The molecule has 0 spiro atoms. The molecule has 0 aliphatic carbocycles. The van der Waals surface area contributed by atoms with Crippen molar-refractivity contribution in [1.29, 1.82) is 0 Å². The molecule has 0 bridgehead atoms. The van der Waals surface area contributed by atoms with E-state index in [-0.39, 0.29) is 6.10 Å². The first-order valence-electron chi connectivity index (χ1n) is 6.66. The number of nitrogens with two attached hydrogens (primary N) is 1. The largest absolute Gasteiger partial charge is 0.398 e. The van der Waals surface area contributed by atoms with E-state index in [1.807, 2.05) is 36.4 Å². The predicted octanol–water partition coefficient (Wildman–Crippen LogP) is 3.24. The van der Waals surface area contributed by atoms with Crippen LogP contribution in [0.1, 0.15) is 18.1 Å². The molecule has 2 aromatic carbocycles. The molecular weight excluding hydrogens is 316 g/mol. The van der Waals surface area contributed by atoms with E-state index in [0.29, 0.717) is 0 Å². The minimum Gasteiger partial charge on any atom is -0.398 e. The van der Waals surface area contributed by atoms with Crippen LogP contribution in [0.2, 0.25) is 0 Å². The third-order valence-corrected chi connectivity index (χ3v) is 4.08. The van der Waals surface area contributed by atoms with Gasteiger partial charge in [0, 0.05) is 27.8 Å². The lowest BCUT2D eigenvalue weighted by atomic mass is 9.93. The van der Waals surface area contributed by atoms with Gasteiger partial charge in [0.25, 0.3) is 0 Å². The number of nitrogen functional groups attached to an aromatic ring is 1. The Morgan fingerprint density at radius 1 is 1.25 bits per heavy atom. The van der Waals surface area contributed by atoms with Crippen molar-refractivity contribution in [3.63, 3.8) is 0 Å². The van der Waals surface area contributed by atoms with Gasteiger partial charge in [-0.05, 0) is 25.1 Å². The molecule has 1 aliphatic heterocycles. The van der Waals surface area contributed by atoms with Crippen molar-refractivity contribution in [2.75, 3.05) is 12.3 Å². The maximum atomic E-state index is 6.24. The van der Waals surface area contributed by atoms with Gasteiger partial charge in [0.05, 0.1) is 6.10 Å². The summed E-state index contributed by atoms with van der Waals surface area (Å²) < 4.78 is 7.23. The molecule has 2 aromatic rings. The van der Waals surface area contributed by atoms with Gasteiger partial charge in [-0.25, -0.2) is 0 Å². The van der Waals surface area contributed by atoms with E-state index in [4.69, 9.17) is 10.5 Å². The molecule has 3 rings (SSSR count). The summed E-state index contributed by atoms with van der Waals surface area (Å²) in [6, 6.07) is 16.0. The average Bonchev–Trinajstić information content (AvgIpc) is 2.86. The second-order valence-electron chi connectivity index (χ2n) is 5.09. The number of nitrogens with one attached hydrogen (secondary N) is 1. The van der Waals surface area contributed by atoms with Gasteiger partial charge >= 0.3 is 0 Å². The van der Waals surface area contributed by atoms with Gasteiger partial charge in [-0.2, -0.15) is 0 Å². The molecule has 1 saturated heterocycles. The van der Waals surface area contributed by atoms with Crippen LogP contribution in [-0.2, 0) is 10.5 Å². The normalized spacial score (nSPS) is 25.8. The smallest absolute Gasteiger partial charge is 0.174 e. The number of anilines is 1. The molecule has 0 aromatic heterocycles. The molecule has 3 N–H and O–H groups in total. The highest BCUT2D eigenvalue weighted by Crippen LogP contribution is 2.39. The molecule has 1 heterocycles. The molecule has 3 nitrogen and oxygen atoms in total.